The minimum Gasteiger partial charge on any atom is -0.494 e. The van der Waals surface area contributed by atoms with Crippen molar-refractivity contribution in [2.75, 3.05) is 0 Å². The van der Waals surface area contributed by atoms with Crippen LogP contribution < -0.4 is 15.9 Å². The number of rotatable bonds is 6. The summed E-state index contributed by atoms with van der Waals surface area (Å²) < 4.78 is 11.6. The molecule has 2 N–H and O–H groups in total. The third-order valence-corrected chi connectivity index (χ3v) is 9.48. The van der Waals surface area contributed by atoms with Crippen LogP contribution in [0.4, 0.5) is 0 Å². The lowest BCUT2D eigenvalue weighted by molar-refractivity contribution is 0.306. The lowest BCUT2D eigenvalue weighted by Crippen LogP contribution is -2.33. The summed E-state index contributed by atoms with van der Waals surface area (Å²) in [6.45, 7) is 0.220. The van der Waals surface area contributed by atoms with Gasteiger partial charge in [0, 0.05) is 28.2 Å². The normalized spacial score (nSPS) is 11.4. The first-order valence-electron chi connectivity index (χ1n) is 12.9. The molecule has 5 rings (SSSR count). The van der Waals surface area contributed by atoms with E-state index in [2.05, 4.69) is 15.9 Å². The summed E-state index contributed by atoms with van der Waals surface area (Å²) in [5.41, 5.74) is -0.395. The van der Waals surface area contributed by atoms with Gasteiger partial charge < -0.3 is 14.9 Å². The molecule has 0 aliphatic carbocycles. The Kier molecular flexibility index (Phi) is 8.41. The lowest BCUT2D eigenvalue weighted by Gasteiger charge is -2.24. The van der Waals surface area contributed by atoms with Crippen LogP contribution in [0.5, 0.6) is 17.5 Å². The smallest absolute Gasteiger partial charge is 0.262 e. The topological polar surface area (TPSA) is 104 Å². The van der Waals surface area contributed by atoms with E-state index in [1.54, 1.807) is 6.07 Å². The summed E-state index contributed by atoms with van der Waals surface area (Å²) in [4.78, 5) is 27.3. The number of nitrogens with zero attached hydrogens (tertiary/aromatic N) is 4. The first-order valence-corrected chi connectivity index (χ1v) is 14.9. The highest BCUT2D eigenvalue weighted by atomic mass is 79.9. The fourth-order valence-electron chi connectivity index (χ4n) is 5.15. The molecule has 3 aromatic carbocycles. The first-order chi connectivity index (χ1) is 20.3. The molecule has 0 bridgehead atoms. The van der Waals surface area contributed by atoms with Crippen LogP contribution in [0.25, 0.3) is 10.8 Å². The largest absolute Gasteiger partial charge is 0.494 e. The Morgan fingerprint density at radius 2 is 1.37 bits per heavy atom. The van der Waals surface area contributed by atoms with Crippen LogP contribution in [0.2, 0.25) is 5.02 Å². The molecule has 9 nitrogen and oxygen atoms in total. The molecule has 0 amide bonds. The molecule has 222 valence electrons. The second-order valence-corrected chi connectivity index (χ2v) is 12.1. The maximum atomic E-state index is 13.6. The zero-order chi connectivity index (χ0) is 31.3. The van der Waals surface area contributed by atoms with Gasteiger partial charge >= 0.3 is 0 Å². The van der Waals surface area contributed by atoms with Crippen LogP contribution >= 0.6 is 52.0 Å². The molecule has 0 unspecified atom stereocenters. The highest BCUT2D eigenvalue weighted by Gasteiger charge is 2.33. The van der Waals surface area contributed by atoms with Crippen LogP contribution in [-0.4, -0.2) is 28.5 Å². The Morgan fingerprint density at radius 1 is 0.837 bits per heavy atom. The molecule has 5 aromatic rings. The van der Waals surface area contributed by atoms with Crippen molar-refractivity contribution in [2.45, 2.75) is 12.5 Å². The van der Waals surface area contributed by atoms with E-state index in [0.29, 0.717) is 15.8 Å². The zero-order valence-corrected chi connectivity index (χ0v) is 27.4. The molecule has 0 spiro atoms. The molecule has 0 saturated carbocycles. The predicted molar refractivity (Wildman–Crippen MR) is 175 cm³/mol. The van der Waals surface area contributed by atoms with Crippen molar-refractivity contribution in [2.24, 2.45) is 28.2 Å². The van der Waals surface area contributed by atoms with Gasteiger partial charge in [-0.3, -0.25) is 27.9 Å². The number of aromatic hydroxyl groups is 2. The van der Waals surface area contributed by atoms with Crippen molar-refractivity contribution in [3.8, 4) is 17.5 Å². The SMILES string of the molecule is Cn1c(O)c(C(c2cc(Cl)c(OCc3cccc4ccccc34)c(Br)c2)c2c(O)n(C)c(=S)n(C)c2=O)c(=O)n(C)c1=S. The molecule has 0 aliphatic heterocycles. The first kappa shape index (κ1) is 30.7. The van der Waals surface area contributed by atoms with E-state index in [9.17, 15) is 19.8 Å². The van der Waals surface area contributed by atoms with Crippen molar-refractivity contribution in [3.05, 3.63) is 117 Å². The van der Waals surface area contributed by atoms with E-state index >= 15 is 0 Å². The van der Waals surface area contributed by atoms with Crippen LogP contribution in [0.1, 0.15) is 28.2 Å². The lowest BCUT2D eigenvalue weighted by atomic mass is 9.86. The van der Waals surface area contributed by atoms with Crippen molar-refractivity contribution >= 4 is 62.7 Å². The molecular formula is C30H26BrClN4O5S2. The fraction of sp³-hybridized carbons (Fsp3) is 0.200. The van der Waals surface area contributed by atoms with Gasteiger partial charge in [-0.15, -0.1) is 0 Å². The molecule has 43 heavy (non-hydrogen) atoms. The summed E-state index contributed by atoms with van der Waals surface area (Å²) >= 11 is 20.9. The average molecular weight is 702 g/mol. The number of hydrogen-bond acceptors (Lipinski definition) is 7. The number of benzene rings is 3. The van der Waals surface area contributed by atoms with Gasteiger partial charge in [-0.05, 0) is 74.4 Å². The minimum atomic E-state index is -1.28. The highest BCUT2D eigenvalue weighted by Crippen LogP contribution is 2.43. The molecule has 2 heterocycles. The molecule has 0 saturated heterocycles. The molecule has 0 fully saturated rings. The molecular weight excluding hydrogens is 676 g/mol. The number of halogens is 2. The van der Waals surface area contributed by atoms with Crippen molar-refractivity contribution < 1.29 is 14.9 Å². The molecule has 0 radical (unpaired) electrons. The van der Waals surface area contributed by atoms with Gasteiger partial charge in [-0.1, -0.05) is 54.1 Å². The van der Waals surface area contributed by atoms with E-state index in [1.165, 1.54) is 52.5 Å². The van der Waals surface area contributed by atoms with E-state index in [4.69, 9.17) is 40.8 Å². The third-order valence-electron chi connectivity index (χ3n) is 7.52. The van der Waals surface area contributed by atoms with E-state index < -0.39 is 28.8 Å². The van der Waals surface area contributed by atoms with Crippen LogP contribution in [0.15, 0.2) is 68.7 Å². The Labute approximate surface area is 269 Å². The molecule has 13 heteroatoms. The van der Waals surface area contributed by atoms with Gasteiger partial charge in [0.25, 0.3) is 11.1 Å². The van der Waals surface area contributed by atoms with Crippen molar-refractivity contribution in [3.63, 3.8) is 0 Å². The molecule has 2 aromatic heterocycles. The second kappa shape index (κ2) is 11.8. The fourth-order valence-corrected chi connectivity index (χ4v) is 6.48. The maximum Gasteiger partial charge on any atom is 0.262 e. The van der Waals surface area contributed by atoms with Crippen LogP contribution in [-0.2, 0) is 34.8 Å². The van der Waals surface area contributed by atoms with Crippen molar-refractivity contribution in [1.29, 1.82) is 0 Å². The Morgan fingerprint density at radius 3 is 1.93 bits per heavy atom. The van der Waals surface area contributed by atoms with Crippen LogP contribution in [0.3, 0.4) is 0 Å². The summed E-state index contributed by atoms with van der Waals surface area (Å²) in [5, 5.41) is 24.8. The Balaban J connectivity index is 1.72. The maximum absolute atomic E-state index is 13.6. The minimum absolute atomic E-state index is 0.0602. The van der Waals surface area contributed by atoms with Gasteiger partial charge in [0.15, 0.2) is 15.3 Å². The highest BCUT2D eigenvalue weighted by molar-refractivity contribution is 9.10. The molecule has 0 aliphatic rings. The number of hydrogen-bond donors (Lipinski definition) is 2. The monoisotopic (exact) mass is 700 g/mol. The predicted octanol–water partition coefficient (Wildman–Crippen LogP) is 5.96. The molecule has 0 atom stereocenters. The number of ether oxygens (including phenoxy) is 1. The van der Waals surface area contributed by atoms with E-state index in [1.807, 2.05) is 42.5 Å². The van der Waals surface area contributed by atoms with Gasteiger partial charge in [-0.2, -0.15) is 0 Å². The number of aromatic nitrogens is 4. The van der Waals surface area contributed by atoms with Gasteiger partial charge in [0.05, 0.1) is 26.5 Å². The third kappa shape index (κ3) is 5.22. The quantitative estimate of drug-likeness (QED) is 0.211. The van der Waals surface area contributed by atoms with Crippen molar-refractivity contribution in [1.82, 2.24) is 18.3 Å². The Bertz CT molecular complexity index is 2070. The summed E-state index contributed by atoms with van der Waals surface area (Å²) in [5.74, 6) is -1.87. The average Bonchev–Trinajstić information content (AvgIpc) is 2.99. The Hall–Kier alpha value is -3.71. The second-order valence-electron chi connectivity index (χ2n) is 10.1. The summed E-state index contributed by atoms with van der Waals surface area (Å²) in [7, 11) is 5.91. The van der Waals surface area contributed by atoms with E-state index in [0.717, 1.165) is 16.3 Å². The van der Waals surface area contributed by atoms with E-state index in [-0.39, 0.29) is 32.3 Å². The van der Waals surface area contributed by atoms with Gasteiger partial charge in [0.2, 0.25) is 11.8 Å². The standard InChI is InChI=1S/C30H26BrClN4O5S2/c1-33-25(37)22(26(38)34(2)29(33)42)21(23-27(39)35(3)30(43)36(4)28(23)40)17-12-19(31)24(20(32)13-17)41-14-16-10-7-9-15-8-5-6-11-18(15)16/h5-13,21,37,39H,14H2,1-4H3. The summed E-state index contributed by atoms with van der Waals surface area (Å²) in [6, 6.07) is 17.1. The van der Waals surface area contributed by atoms with Gasteiger partial charge in [0.1, 0.15) is 6.61 Å². The van der Waals surface area contributed by atoms with Gasteiger partial charge in [-0.25, -0.2) is 0 Å². The number of fused-ring (bicyclic) bond motifs is 1. The van der Waals surface area contributed by atoms with Crippen LogP contribution in [0, 0.1) is 9.54 Å². The summed E-state index contributed by atoms with van der Waals surface area (Å²) in [6.07, 6.45) is 0. The zero-order valence-electron chi connectivity index (χ0n) is 23.5.